The fraction of sp³-hybridized carbons (Fsp3) is 0.621. The van der Waals surface area contributed by atoms with Gasteiger partial charge in [0.1, 0.15) is 5.78 Å². The number of carbonyl (C=O) groups excluding carboxylic acids is 1. The highest BCUT2D eigenvalue weighted by molar-refractivity contribution is 5.78. The van der Waals surface area contributed by atoms with Gasteiger partial charge in [-0.1, -0.05) is 6.07 Å². The number of carbonyl (C=O) groups is 1. The molecule has 0 amide bonds. The Bertz CT molecular complexity index is 1190. The summed E-state index contributed by atoms with van der Waals surface area (Å²) in [7, 11) is 0. The van der Waals surface area contributed by atoms with Crippen LogP contribution in [0.3, 0.4) is 0 Å². The first-order valence-corrected chi connectivity index (χ1v) is 14.5. The van der Waals surface area contributed by atoms with Crippen LogP contribution in [-0.4, -0.2) is 66.0 Å². The van der Waals surface area contributed by atoms with Crippen LogP contribution in [0.5, 0.6) is 11.5 Å². The van der Waals surface area contributed by atoms with Gasteiger partial charge < -0.3 is 25.6 Å². The molecule has 0 atom stereocenters. The van der Waals surface area contributed by atoms with Crippen LogP contribution >= 0.6 is 0 Å². The minimum Gasteiger partial charge on any atom is -0.450 e. The van der Waals surface area contributed by atoms with E-state index in [1.165, 1.54) is 5.56 Å². The van der Waals surface area contributed by atoms with Crippen molar-refractivity contribution >= 4 is 17.3 Å². The molecule has 0 unspecified atom stereocenters. The van der Waals surface area contributed by atoms with E-state index in [0.29, 0.717) is 42.0 Å². The summed E-state index contributed by atoms with van der Waals surface area (Å²) in [5.41, 5.74) is 1.94. The molecule has 1 saturated carbocycles. The number of rotatable bonds is 7. The summed E-state index contributed by atoms with van der Waals surface area (Å²) in [6, 6.07) is 6.44. The SMILES string of the molecule is O=C(CCN1CCNCC1)CC1CCC(n2cc3c(nc2=O)Nc2cc(C4CCNCC4)ccc2O3)CC1. The smallest absolute Gasteiger partial charge is 0.350 e. The number of anilines is 2. The topological polar surface area (TPSA) is 101 Å². The van der Waals surface area contributed by atoms with Gasteiger partial charge in [0.05, 0.1) is 11.9 Å². The van der Waals surface area contributed by atoms with E-state index in [-0.39, 0.29) is 11.7 Å². The quantitative estimate of drug-likeness (QED) is 0.435. The molecule has 1 aromatic carbocycles. The van der Waals surface area contributed by atoms with Crippen molar-refractivity contribution in [1.82, 2.24) is 25.1 Å². The molecule has 1 aromatic heterocycles. The molecule has 6 rings (SSSR count). The highest BCUT2D eigenvalue weighted by atomic mass is 16.5. The number of ketones is 1. The predicted molar refractivity (Wildman–Crippen MR) is 148 cm³/mol. The molecule has 204 valence electrons. The van der Waals surface area contributed by atoms with Crippen molar-refractivity contribution in [1.29, 1.82) is 0 Å². The predicted octanol–water partition coefficient (Wildman–Crippen LogP) is 3.55. The minimum absolute atomic E-state index is 0.0970. The minimum atomic E-state index is -0.242. The molecule has 2 saturated heterocycles. The summed E-state index contributed by atoms with van der Waals surface area (Å²) in [6.45, 7) is 7.07. The Balaban J connectivity index is 1.05. The monoisotopic (exact) mass is 520 g/mol. The van der Waals surface area contributed by atoms with E-state index in [0.717, 1.165) is 95.8 Å². The number of benzene rings is 1. The zero-order valence-corrected chi connectivity index (χ0v) is 22.2. The van der Waals surface area contributed by atoms with Gasteiger partial charge in [0.2, 0.25) is 0 Å². The molecular formula is C29H40N6O3. The summed E-state index contributed by atoms with van der Waals surface area (Å²) in [5.74, 6) is 3.19. The Morgan fingerprint density at radius 3 is 2.53 bits per heavy atom. The van der Waals surface area contributed by atoms with Gasteiger partial charge in [-0.05, 0) is 81.1 Å². The van der Waals surface area contributed by atoms with Gasteiger partial charge in [0.25, 0.3) is 0 Å². The second-order valence-electron chi connectivity index (χ2n) is 11.4. The Labute approximate surface area is 224 Å². The Morgan fingerprint density at radius 2 is 1.74 bits per heavy atom. The standard InChI is InChI=1S/C29H40N6O3/c36-24(9-14-34-15-12-31-13-16-34)17-20-1-4-23(5-2-20)35-19-27-28(33-29(35)37)32-25-18-22(3-6-26(25)38-27)21-7-10-30-11-8-21/h3,6,18-21,23,30-31H,1-2,4-5,7-17H2,(H,32,33,37). The lowest BCUT2D eigenvalue weighted by Gasteiger charge is -2.31. The van der Waals surface area contributed by atoms with Crippen LogP contribution in [0.25, 0.3) is 0 Å². The maximum Gasteiger partial charge on any atom is 0.350 e. The van der Waals surface area contributed by atoms with Crippen molar-refractivity contribution in [2.75, 3.05) is 51.1 Å². The molecule has 3 aliphatic heterocycles. The molecule has 9 heteroatoms. The van der Waals surface area contributed by atoms with Gasteiger partial charge in [-0.3, -0.25) is 9.36 Å². The number of nitrogens with zero attached hydrogens (tertiary/aromatic N) is 3. The average molecular weight is 521 g/mol. The highest BCUT2D eigenvalue weighted by Gasteiger charge is 2.28. The molecule has 0 bridgehead atoms. The van der Waals surface area contributed by atoms with E-state index >= 15 is 0 Å². The molecule has 3 N–H and O–H groups in total. The molecule has 0 spiro atoms. The van der Waals surface area contributed by atoms with Crippen molar-refractivity contribution in [2.24, 2.45) is 5.92 Å². The highest BCUT2D eigenvalue weighted by Crippen LogP contribution is 2.43. The summed E-state index contributed by atoms with van der Waals surface area (Å²) < 4.78 is 7.95. The van der Waals surface area contributed by atoms with Crippen molar-refractivity contribution in [2.45, 2.75) is 63.3 Å². The van der Waals surface area contributed by atoms with Gasteiger partial charge >= 0.3 is 5.69 Å². The van der Waals surface area contributed by atoms with Crippen molar-refractivity contribution in [3.05, 3.63) is 40.4 Å². The number of aromatic nitrogens is 2. The summed E-state index contributed by atoms with van der Waals surface area (Å²) >= 11 is 0. The molecule has 1 aliphatic carbocycles. The van der Waals surface area contributed by atoms with E-state index in [1.54, 1.807) is 4.57 Å². The van der Waals surface area contributed by atoms with Crippen LogP contribution in [0, 0.1) is 5.92 Å². The zero-order valence-electron chi connectivity index (χ0n) is 22.2. The Morgan fingerprint density at radius 1 is 0.974 bits per heavy atom. The van der Waals surface area contributed by atoms with E-state index < -0.39 is 0 Å². The average Bonchev–Trinajstić information content (AvgIpc) is 2.96. The molecule has 4 aliphatic rings. The molecule has 3 fully saturated rings. The lowest BCUT2D eigenvalue weighted by molar-refractivity contribution is -0.120. The van der Waals surface area contributed by atoms with E-state index in [9.17, 15) is 9.59 Å². The van der Waals surface area contributed by atoms with Crippen LogP contribution in [0.15, 0.2) is 29.2 Å². The summed E-state index contributed by atoms with van der Waals surface area (Å²) in [4.78, 5) is 32.3. The van der Waals surface area contributed by atoms with E-state index in [2.05, 4.69) is 38.0 Å². The third-order valence-corrected chi connectivity index (χ3v) is 8.85. The van der Waals surface area contributed by atoms with Gasteiger partial charge in [-0.2, -0.15) is 4.98 Å². The second kappa shape index (κ2) is 11.6. The second-order valence-corrected chi connectivity index (χ2v) is 11.4. The van der Waals surface area contributed by atoms with Crippen molar-refractivity contribution < 1.29 is 9.53 Å². The Kier molecular flexibility index (Phi) is 7.76. The van der Waals surface area contributed by atoms with Gasteiger partial charge in [-0.25, -0.2) is 4.79 Å². The number of hydrogen-bond acceptors (Lipinski definition) is 8. The normalized spacial score (nSPS) is 24.1. The number of piperidine rings is 1. The molecule has 0 radical (unpaired) electrons. The first-order valence-electron chi connectivity index (χ1n) is 14.5. The van der Waals surface area contributed by atoms with Crippen molar-refractivity contribution in [3.63, 3.8) is 0 Å². The fourth-order valence-electron chi connectivity index (χ4n) is 6.54. The third kappa shape index (κ3) is 5.80. The number of fused-ring (bicyclic) bond motifs is 2. The molecular weight excluding hydrogens is 480 g/mol. The lowest BCUT2D eigenvalue weighted by atomic mass is 9.82. The van der Waals surface area contributed by atoms with Crippen LogP contribution in [0.1, 0.15) is 68.9 Å². The molecule has 2 aromatic rings. The molecule has 9 nitrogen and oxygen atoms in total. The summed E-state index contributed by atoms with van der Waals surface area (Å²) in [5, 5.41) is 10.1. The number of nitrogens with one attached hydrogen (secondary N) is 3. The van der Waals surface area contributed by atoms with Crippen molar-refractivity contribution in [3.8, 4) is 11.5 Å². The Hall–Kier alpha value is -2.75. The van der Waals surface area contributed by atoms with Gasteiger partial charge in [0, 0.05) is 51.6 Å². The van der Waals surface area contributed by atoms with Crippen LogP contribution in [0.2, 0.25) is 0 Å². The van der Waals surface area contributed by atoms with Crippen LogP contribution in [0.4, 0.5) is 11.5 Å². The van der Waals surface area contributed by atoms with Gasteiger partial charge in [0.15, 0.2) is 17.3 Å². The third-order valence-electron chi connectivity index (χ3n) is 8.85. The van der Waals surface area contributed by atoms with Crippen LogP contribution < -0.4 is 26.4 Å². The lowest BCUT2D eigenvalue weighted by Crippen LogP contribution is -2.44. The van der Waals surface area contributed by atoms with E-state index in [4.69, 9.17) is 4.74 Å². The van der Waals surface area contributed by atoms with E-state index in [1.807, 2.05) is 12.3 Å². The number of piperazine rings is 1. The zero-order chi connectivity index (χ0) is 25.9. The summed E-state index contributed by atoms with van der Waals surface area (Å²) in [6.07, 6.45) is 9.12. The largest absolute Gasteiger partial charge is 0.450 e. The number of hydrogen-bond donors (Lipinski definition) is 3. The molecule has 4 heterocycles. The maximum absolute atomic E-state index is 13.0. The number of Topliss-reactive ketones (excluding diaryl/α,β-unsaturated/α-hetero) is 1. The number of ether oxygens (including phenoxy) is 1. The van der Waals surface area contributed by atoms with Crippen LogP contribution in [-0.2, 0) is 4.79 Å². The maximum atomic E-state index is 13.0. The van der Waals surface area contributed by atoms with Gasteiger partial charge in [-0.15, -0.1) is 0 Å². The molecule has 38 heavy (non-hydrogen) atoms. The fourth-order valence-corrected chi connectivity index (χ4v) is 6.54. The first kappa shape index (κ1) is 25.5. The first-order chi connectivity index (χ1) is 18.6.